The van der Waals surface area contributed by atoms with Crippen LogP contribution in [0.1, 0.15) is 0 Å². The quantitative estimate of drug-likeness (QED) is 0.445. The summed E-state index contributed by atoms with van der Waals surface area (Å²) in [5, 5.41) is 8.90. The average molecular weight is 147 g/mol. The highest BCUT2D eigenvalue weighted by Crippen LogP contribution is 1.85. The molecule has 0 heterocycles. The highest BCUT2D eigenvalue weighted by molar-refractivity contribution is 5.71. The topological polar surface area (TPSA) is 92.6 Å². The monoisotopic (exact) mass is 147 g/mol. The highest BCUT2D eigenvalue weighted by atomic mass is 16.3. The number of hydrogen-bond acceptors (Lipinski definition) is 3. The van der Waals surface area contributed by atoms with Crippen LogP contribution in [-0.4, -0.2) is 42.3 Å². The van der Waals surface area contributed by atoms with E-state index in [1.54, 1.807) is 0 Å². The van der Waals surface area contributed by atoms with E-state index in [0.29, 0.717) is 0 Å². The molecule has 0 aliphatic heterocycles. The van der Waals surface area contributed by atoms with E-state index in [9.17, 15) is 4.79 Å². The zero-order valence-electron chi connectivity index (χ0n) is 5.95. The molecule has 5 heteroatoms. The molecule has 5 nitrogen and oxygen atoms in total. The summed E-state index contributed by atoms with van der Waals surface area (Å²) in [6, 6.07) is -0.562. The van der Waals surface area contributed by atoms with Crippen molar-refractivity contribution in [2.75, 3.05) is 20.1 Å². The number of urea groups is 1. The number of nitrogens with two attached hydrogens (primary N) is 2. The lowest BCUT2D eigenvalue weighted by atomic mass is 10.3. The van der Waals surface area contributed by atoms with Gasteiger partial charge in [-0.15, -0.1) is 0 Å². The maximum Gasteiger partial charge on any atom is 0.314 e. The Bertz CT molecular complexity index is 117. The van der Waals surface area contributed by atoms with Crippen LogP contribution in [0.15, 0.2) is 0 Å². The predicted molar refractivity (Wildman–Crippen MR) is 37.3 cm³/mol. The Balaban J connectivity index is 3.56. The van der Waals surface area contributed by atoms with E-state index in [1.165, 1.54) is 11.9 Å². The van der Waals surface area contributed by atoms with Gasteiger partial charge in [0.15, 0.2) is 0 Å². The number of primary amides is 1. The van der Waals surface area contributed by atoms with Crippen molar-refractivity contribution in [1.82, 2.24) is 4.90 Å². The number of aliphatic hydroxyl groups is 1. The molecule has 0 bridgehead atoms. The van der Waals surface area contributed by atoms with Crippen molar-refractivity contribution >= 4 is 6.03 Å². The molecule has 0 aromatic rings. The molecule has 10 heavy (non-hydrogen) atoms. The molecule has 5 N–H and O–H groups in total. The standard InChI is InChI=1S/C5H13N3O2/c1-8(5(7)10)3-4(9)2-6/h4,9H,2-3,6H2,1H3,(H2,7,10). The van der Waals surface area contributed by atoms with Gasteiger partial charge in [0.1, 0.15) is 0 Å². The van der Waals surface area contributed by atoms with Gasteiger partial charge in [-0.1, -0.05) is 0 Å². The lowest BCUT2D eigenvalue weighted by Gasteiger charge is -2.16. The van der Waals surface area contributed by atoms with Crippen molar-refractivity contribution in [3.8, 4) is 0 Å². The summed E-state index contributed by atoms with van der Waals surface area (Å²) >= 11 is 0. The predicted octanol–water partition coefficient (Wildman–Crippen LogP) is -1.68. The van der Waals surface area contributed by atoms with Crippen LogP contribution in [0.2, 0.25) is 0 Å². The number of likely N-dealkylation sites (N-methyl/N-ethyl adjacent to an activating group) is 1. The summed E-state index contributed by atoms with van der Waals surface area (Å²) in [7, 11) is 1.50. The summed E-state index contributed by atoms with van der Waals surface area (Å²) in [6.07, 6.45) is -0.683. The molecule has 0 radical (unpaired) electrons. The van der Waals surface area contributed by atoms with Gasteiger partial charge >= 0.3 is 6.03 Å². The molecule has 0 aliphatic rings. The minimum atomic E-state index is -0.683. The SMILES string of the molecule is CN(CC(O)CN)C(N)=O. The molecule has 1 atom stereocenters. The summed E-state index contributed by atoms with van der Waals surface area (Å²) in [4.78, 5) is 11.6. The van der Waals surface area contributed by atoms with Crippen LogP contribution in [0.3, 0.4) is 0 Å². The molecule has 2 amide bonds. The molecule has 0 rings (SSSR count). The van der Waals surface area contributed by atoms with Crippen molar-refractivity contribution in [1.29, 1.82) is 0 Å². The third-order valence-corrected chi connectivity index (χ3v) is 1.13. The van der Waals surface area contributed by atoms with Crippen molar-refractivity contribution in [3.05, 3.63) is 0 Å². The van der Waals surface area contributed by atoms with E-state index >= 15 is 0 Å². The summed E-state index contributed by atoms with van der Waals surface area (Å²) in [5.74, 6) is 0. The number of nitrogens with zero attached hydrogens (tertiary/aromatic N) is 1. The number of carbonyl (C=O) groups is 1. The van der Waals surface area contributed by atoms with Gasteiger partial charge < -0.3 is 21.5 Å². The number of amides is 2. The van der Waals surface area contributed by atoms with Gasteiger partial charge in [-0.3, -0.25) is 0 Å². The molecule has 0 saturated heterocycles. The van der Waals surface area contributed by atoms with Gasteiger partial charge in [-0.2, -0.15) is 0 Å². The molecule has 1 unspecified atom stereocenters. The van der Waals surface area contributed by atoms with Crippen LogP contribution >= 0.6 is 0 Å². The maximum absolute atomic E-state index is 10.3. The second kappa shape index (κ2) is 4.08. The summed E-state index contributed by atoms with van der Waals surface area (Å²) in [5.41, 5.74) is 9.97. The zero-order chi connectivity index (χ0) is 8.15. The largest absolute Gasteiger partial charge is 0.390 e. The molecule has 60 valence electrons. The third kappa shape index (κ3) is 3.26. The molecule has 0 aromatic heterocycles. The zero-order valence-corrected chi connectivity index (χ0v) is 5.95. The third-order valence-electron chi connectivity index (χ3n) is 1.13. The Morgan fingerprint density at radius 3 is 2.60 bits per heavy atom. The maximum atomic E-state index is 10.3. The van der Waals surface area contributed by atoms with E-state index in [2.05, 4.69) is 0 Å². The van der Waals surface area contributed by atoms with E-state index in [1.807, 2.05) is 0 Å². The fourth-order valence-corrected chi connectivity index (χ4v) is 0.481. The number of rotatable bonds is 3. The second-order valence-electron chi connectivity index (χ2n) is 2.11. The van der Waals surface area contributed by atoms with Crippen molar-refractivity contribution in [3.63, 3.8) is 0 Å². The van der Waals surface area contributed by atoms with Gasteiger partial charge in [0, 0.05) is 20.1 Å². The minimum Gasteiger partial charge on any atom is -0.390 e. The van der Waals surface area contributed by atoms with Crippen LogP contribution < -0.4 is 11.5 Å². The Morgan fingerprint density at radius 2 is 2.30 bits per heavy atom. The van der Waals surface area contributed by atoms with Crippen molar-refractivity contribution in [2.24, 2.45) is 11.5 Å². The van der Waals surface area contributed by atoms with Gasteiger partial charge in [0.05, 0.1) is 6.10 Å². The normalized spacial score (nSPS) is 12.7. The number of carbonyl (C=O) groups excluding carboxylic acids is 1. The molecular formula is C5H13N3O2. The van der Waals surface area contributed by atoms with Gasteiger partial charge in [-0.25, -0.2) is 4.79 Å². The lowest BCUT2D eigenvalue weighted by Crippen LogP contribution is -2.40. The molecule has 0 aromatic carbocycles. The van der Waals surface area contributed by atoms with Gasteiger partial charge in [0.2, 0.25) is 0 Å². The van der Waals surface area contributed by atoms with Crippen LogP contribution in [0.5, 0.6) is 0 Å². The van der Waals surface area contributed by atoms with E-state index in [-0.39, 0.29) is 13.1 Å². The van der Waals surface area contributed by atoms with E-state index in [4.69, 9.17) is 16.6 Å². The van der Waals surface area contributed by atoms with Crippen LogP contribution in [0.25, 0.3) is 0 Å². The van der Waals surface area contributed by atoms with Crippen LogP contribution in [0.4, 0.5) is 4.79 Å². The van der Waals surface area contributed by atoms with E-state index in [0.717, 1.165) is 0 Å². The van der Waals surface area contributed by atoms with Gasteiger partial charge in [0.25, 0.3) is 0 Å². The summed E-state index contributed by atoms with van der Waals surface area (Å²) < 4.78 is 0. The van der Waals surface area contributed by atoms with E-state index < -0.39 is 12.1 Å². The Morgan fingerprint density at radius 1 is 1.80 bits per heavy atom. The van der Waals surface area contributed by atoms with Crippen molar-refractivity contribution < 1.29 is 9.90 Å². The summed E-state index contributed by atoms with van der Waals surface area (Å²) in [6.45, 7) is 0.323. The fourth-order valence-electron chi connectivity index (χ4n) is 0.481. The first kappa shape index (κ1) is 9.19. The fraction of sp³-hybridized carbons (Fsp3) is 0.800. The van der Waals surface area contributed by atoms with Crippen molar-refractivity contribution in [2.45, 2.75) is 6.10 Å². The second-order valence-corrected chi connectivity index (χ2v) is 2.11. The van der Waals surface area contributed by atoms with Crippen LogP contribution in [-0.2, 0) is 0 Å². The number of aliphatic hydroxyl groups excluding tert-OH is 1. The minimum absolute atomic E-state index is 0.137. The Hall–Kier alpha value is -0.810. The first-order chi connectivity index (χ1) is 4.57. The Kier molecular flexibility index (Phi) is 3.75. The van der Waals surface area contributed by atoms with Crippen LogP contribution in [0, 0.1) is 0 Å². The molecule has 0 aliphatic carbocycles. The molecular weight excluding hydrogens is 134 g/mol. The number of hydrogen-bond donors (Lipinski definition) is 3. The lowest BCUT2D eigenvalue weighted by molar-refractivity contribution is 0.139. The average Bonchev–Trinajstić information content (AvgIpc) is 1.87. The smallest absolute Gasteiger partial charge is 0.314 e. The Labute approximate surface area is 59.6 Å². The first-order valence-electron chi connectivity index (χ1n) is 2.96. The molecule has 0 spiro atoms. The highest BCUT2D eigenvalue weighted by Gasteiger charge is 2.07. The first-order valence-corrected chi connectivity index (χ1v) is 2.96. The molecule has 0 saturated carbocycles. The van der Waals surface area contributed by atoms with Gasteiger partial charge in [-0.05, 0) is 0 Å². The molecule has 0 fully saturated rings.